The van der Waals surface area contributed by atoms with Crippen LogP contribution in [0, 0.1) is 16.0 Å². The van der Waals surface area contributed by atoms with Crippen LogP contribution in [0.3, 0.4) is 0 Å². The fourth-order valence-corrected chi connectivity index (χ4v) is 2.73. The summed E-state index contributed by atoms with van der Waals surface area (Å²) in [6.45, 7) is 2.81. The molecule has 130 valence electrons. The summed E-state index contributed by atoms with van der Waals surface area (Å²) in [7, 11) is 0. The Hall–Kier alpha value is -2.35. The number of esters is 1. The zero-order valence-corrected chi connectivity index (χ0v) is 13.9. The Morgan fingerprint density at radius 1 is 1.50 bits per heavy atom. The van der Waals surface area contributed by atoms with Crippen molar-refractivity contribution in [3.05, 3.63) is 33.3 Å². The van der Waals surface area contributed by atoms with Crippen molar-refractivity contribution in [2.45, 2.75) is 19.8 Å². The van der Waals surface area contributed by atoms with Crippen LogP contribution in [0.4, 0.5) is 16.2 Å². The standard InChI is InChI=1S/C15H18ClN3O5/c1-2-24-14(20)10-4-3-7-18(9-10)15(21)17-11-5-6-12(16)13(8-11)19(22)23/h5-6,8,10H,2-4,7,9H2,1H3,(H,17,21)/t10-/m0/s1. The molecule has 9 heteroatoms. The van der Waals surface area contributed by atoms with Crippen LogP contribution in [-0.4, -0.2) is 41.5 Å². The van der Waals surface area contributed by atoms with E-state index in [9.17, 15) is 19.7 Å². The van der Waals surface area contributed by atoms with Crippen molar-refractivity contribution in [3.63, 3.8) is 0 Å². The molecule has 8 nitrogen and oxygen atoms in total. The number of halogens is 1. The molecule has 1 aromatic rings. The molecule has 0 saturated carbocycles. The lowest BCUT2D eigenvalue weighted by atomic mass is 9.98. The molecule has 1 aliphatic heterocycles. The Balaban J connectivity index is 2.03. The summed E-state index contributed by atoms with van der Waals surface area (Å²) in [6, 6.07) is 3.63. The molecule has 0 aliphatic carbocycles. The minimum Gasteiger partial charge on any atom is -0.466 e. The minimum absolute atomic E-state index is 0.00153. The number of nitro benzene ring substituents is 1. The second-order valence-electron chi connectivity index (χ2n) is 5.39. The summed E-state index contributed by atoms with van der Waals surface area (Å²) in [5.41, 5.74) is -0.00753. The van der Waals surface area contributed by atoms with Crippen LogP contribution in [0.5, 0.6) is 0 Å². The molecule has 1 aromatic carbocycles. The van der Waals surface area contributed by atoms with Crippen LogP contribution in [0.2, 0.25) is 5.02 Å². The fourth-order valence-electron chi connectivity index (χ4n) is 2.55. The SMILES string of the molecule is CCOC(=O)[C@H]1CCCN(C(=O)Nc2ccc(Cl)c([N+](=O)[O-])c2)C1. The summed E-state index contributed by atoms with van der Waals surface area (Å²) in [5.74, 6) is -0.652. The summed E-state index contributed by atoms with van der Waals surface area (Å²) < 4.78 is 5.00. The van der Waals surface area contributed by atoms with Crippen molar-refractivity contribution in [3.8, 4) is 0 Å². The normalized spacial score (nSPS) is 17.2. The van der Waals surface area contributed by atoms with Crippen LogP contribution in [-0.2, 0) is 9.53 Å². The number of urea groups is 1. The zero-order valence-electron chi connectivity index (χ0n) is 13.2. The van der Waals surface area contributed by atoms with E-state index < -0.39 is 11.0 Å². The third-order valence-corrected chi connectivity index (χ3v) is 4.04. The maximum Gasteiger partial charge on any atom is 0.321 e. The Bertz CT molecular complexity index is 652. The highest BCUT2D eigenvalue weighted by atomic mass is 35.5. The predicted molar refractivity (Wildman–Crippen MR) is 88.1 cm³/mol. The van der Waals surface area contributed by atoms with Gasteiger partial charge < -0.3 is 15.0 Å². The van der Waals surface area contributed by atoms with E-state index in [1.807, 2.05) is 0 Å². The van der Waals surface area contributed by atoms with E-state index >= 15 is 0 Å². The lowest BCUT2D eigenvalue weighted by Gasteiger charge is -2.31. The van der Waals surface area contributed by atoms with E-state index in [1.165, 1.54) is 23.1 Å². The number of hydrogen-bond acceptors (Lipinski definition) is 5. The minimum atomic E-state index is -0.615. The van der Waals surface area contributed by atoms with E-state index in [0.717, 1.165) is 0 Å². The molecule has 1 aliphatic rings. The summed E-state index contributed by atoms with van der Waals surface area (Å²) >= 11 is 5.74. The van der Waals surface area contributed by atoms with Gasteiger partial charge in [0.15, 0.2) is 0 Å². The summed E-state index contributed by atoms with van der Waals surface area (Å²) in [5, 5.41) is 13.5. The maximum atomic E-state index is 12.3. The number of carbonyl (C=O) groups excluding carboxylic acids is 2. The number of rotatable bonds is 4. The molecule has 0 spiro atoms. The molecule has 1 fully saturated rings. The molecular formula is C15H18ClN3O5. The van der Waals surface area contributed by atoms with Gasteiger partial charge in [0, 0.05) is 24.8 Å². The number of carbonyl (C=O) groups is 2. The average molecular weight is 356 g/mol. The summed E-state index contributed by atoms with van der Waals surface area (Å²) in [6.07, 6.45) is 1.37. The first-order chi connectivity index (χ1) is 11.4. The average Bonchev–Trinajstić information content (AvgIpc) is 2.56. The lowest BCUT2D eigenvalue weighted by molar-refractivity contribution is -0.384. The van der Waals surface area contributed by atoms with Gasteiger partial charge in [-0.2, -0.15) is 0 Å². The monoisotopic (exact) mass is 355 g/mol. The Morgan fingerprint density at radius 2 is 2.25 bits per heavy atom. The van der Waals surface area contributed by atoms with Crippen molar-refractivity contribution in [2.75, 3.05) is 25.0 Å². The van der Waals surface area contributed by atoms with E-state index in [2.05, 4.69) is 5.32 Å². The van der Waals surface area contributed by atoms with Crippen LogP contribution in [0.15, 0.2) is 18.2 Å². The highest BCUT2D eigenvalue weighted by Gasteiger charge is 2.29. The van der Waals surface area contributed by atoms with Crippen molar-refractivity contribution in [1.82, 2.24) is 4.90 Å². The number of anilines is 1. The molecule has 0 aromatic heterocycles. The topological polar surface area (TPSA) is 102 Å². The van der Waals surface area contributed by atoms with E-state index in [0.29, 0.717) is 26.0 Å². The van der Waals surface area contributed by atoms with Gasteiger partial charge in [-0.3, -0.25) is 14.9 Å². The second-order valence-corrected chi connectivity index (χ2v) is 5.80. The first kappa shape index (κ1) is 18.0. The van der Waals surface area contributed by atoms with Crippen molar-refractivity contribution in [1.29, 1.82) is 0 Å². The van der Waals surface area contributed by atoms with E-state index in [1.54, 1.807) is 6.92 Å². The van der Waals surface area contributed by atoms with Crippen molar-refractivity contribution in [2.24, 2.45) is 5.92 Å². The Labute approximate surface area is 143 Å². The quantitative estimate of drug-likeness (QED) is 0.508. The van der Waals surface area contributed by atoms with E-state index in [-0.39, 0.29) is 34.8 Å². The molecule has 2 rings (SSSR count). The molecule has 1 heterocycles. The molecule has 1 saturated heterocycles. The number of likely N-dealkylation sites (tertiary alicyclic amines) is 1. The molecule has 2 amide bonds. The number of nitrogens with zero attached hydrogens (tertiary/aromatic N) is 2. The van der Waals surface area contributed by atoms with Gasteiger partial charge in [-0.15, -0.1) is 0 Å². The molecule has 0 radical (unpaired) electrons. The maximum absolute atomic E-state index is 12.3. The fraction of sp³-hybridized carbons (Fsp3) is 0.467. The number of piperidine rings is 1. The first-order valence-corrected chi connectivity index (χ1v) is 7.96. The number of amides is 2. The highest BCUT2D eigenvalue weighted by molar-refractivity contribution is 6.32. The number of benzene rings is 1. The van der Waals surface area contributed by atoms with Gasteiger partial charge in [0.25, 0.3) is 5.69 Å². The van der Waals surface area contributed by atoms with Gasteiger partial charge in [0.05, 0.1) is 17.4 Å². The molecule has 0 bridgehead atoms. The van der Waals surface area contributed by atoms with Gasteiger partial charge in [0.1, 0.15) is 5.02 Å². The van der Waals surface area contributed by atoms with E-state index in [4.69, 9.17) is 16.3 Å². The third kappa shape index (κ3) is 4.35. The zero-order chi connectivity index (χ0) is 17.7. The molecule has 1 N–H and O–H groups in total. The molecule has 24 heavy (non-hydrogen) atoms. The first-order valence-electron chi connectivity index (χ1n) is 7.59. The van der Waals surface area contributed by atoms with Crippen LogP contribution < -0.4 is 5.32 Å². The van der Waals surface area contributed by atoms with Gasteiger partial charge in [-0.25, -0.2) is 4.79 Å². The Kier molecular flexibility index (Phi) is 5.97. The number of nitrogens with one attached hydrogen (secondary N) is 1. The smallest absolute Gasteiger partial charge is 0.321 e. The number of ether oxygens (including phenoxy) is 1. The van der Waals surface area contributed by atoms with Crippen molar-refractivity contribution < 1.29 is 19.2 Å². The Morgan fingerprint density at radius 3 is 2.92 bits per heavy atom. The number of hydrogen-bond donors (Lipinski definition) is 1. The van der Waals surface area contributed by atoms with Crippen LogP contribution >= 0.6 is 11.6 Å². The van der Waals surface area contributed by atoms with Gasteiger partial charge in [-0.1, -0.05) is 11.6 Å². The summed E-state index contributed by atoms with van der Waals surface area (Å²) in [4.78, 5) is 35.9. The molecule has 1 atom stereocenters. The van der Waals surface area contributed by atoms with Gasteiger partial charge in [0.2, 0.25) is 0 Å². The number of nitro groups is 1. The lowest BCUT2D eigenvalue weighted by Crippen LogP contribution is -2.44. The van der Waals surface area contributed by atoms with Gasteiger partial charge >= 0.3 is 12.0 Å². The third-order valence-electron chi connectivity index (χ3n) is 3.72. The molecule has 0 unspecified atom stereocenters. The van der Waals surface area contributed by atoms with Gasteiger partial charge in [-0.05, 0) is 31.9 Å². The van der Waals surface area contributed by atoms with Crippen LogP contribution in [0.25, 0.3) is 0 Å². The van der Waals surface area contributed by atoms with Crippen molar-refractivity contribution >= 4 is 35.0 Å². The molecular weight excluding hydrogens is 338 g/mol. The highest BCUT2D eigenvalue weighted by Crippen LogP contribution is 2.28. The van der Waals surface area contributed by atoms with Crippen LogP contribution in [0.1, 0.15) is 19.8 Å². The second kappa shape index (κ2) is 7.96. The predicted octanol–water partition coefficient (Wildman–Crippen LogP) is 3.06. The largest absolute Gasteiger partial charge is 0.466 e.